The van der Waals surface area contributed by atoms with Gasteiger partial charge in [-0.3, -0.25) is 14.5 Å². The maximum atomic E-state index is 12.6. The zero-order valence-electron chi connectivity index (χ0n) is 12.3. The maximum Gasteiger partial charge on any atom is 0.265 e. The summed E-state index contributed by atoms with van der Waals surface area (Å²) in [4.78, 5) is 28.0. The zero-order valence-corrected chi connectivity index (χ0v) is 13.9. The average molecular weight is 368 g/mol. The number of hydrogen-bond acceptors (Lipinski definition) is 4. The highest BCUT2D eigenvalue weighted by Gasteiger charge is 2.31. The largest absolute Gasteiger partial charge is 0.482 e. The highest BCUT2D eigenvalue weighted by Crippen LogP contribution is 2.34. The van der Waals surface area contributed by atoms with Gasteiger partial charge < -0.3 is 15.0 Å². The van der Waals surface area contributed by atoms with Gasteiger partial charge in [0, 0.05) is 30.1 Å². The van der Waals surface area contributed by atoms with Crippen LogP contribution < -0.4 is 15.0 Å². The normalized spacial score (nSPS) is 21.4. The van der Waals surface area contributed by atoms with E-state index in [1.54, 1.807) is 6.07 Å². The smallest absolute Gasteiger partial charge is 0.265 e. The molecule has 2 amide bonds. The molecule has 118 valence electrons. The number of nitrogens with one attached hydrogen (secondary N) is 1. The van der Waals surface area contributed by atoms with Crippen LogP contribution in [-0.4, -0.2) is 55.5 Å². The lowest BCUT2D eigenvalue weighted by atomic mass is 10.2. The van der Waals surface area contributed by atoms with Crippen molar-refractivity contribution in [1.29, 1.82) is 0 Å². The molecule has 0 aliphatic carbocycles. The highest BCUT2D eigenvalue weighted by atomic mass is 79.9. The Bertz CT molecular complexity index is 608. The second-order valence-electron chi connectivity index (χ2n) is 5.52. The van der Waals surface area contributed by atoms with Crippen molar-refractivity contribution in [3.63, 3.8) is 0 Å². The fourth-order valence-corrected chi connectivity index (χ4v) is 3.13. The SMILES string of the molecule is C[C@@H]1CNCCN1C(=O)CN1C(=O)COc2cc(Br)ccc21. The molecule has 1 aromatic rings. The van der Waals surface area contributed by atoms with Gasteiger partial charge in [0.2, 0.25) is 5.91 Å². The third-order valence-corrected chi connectivity index (χ3v) is 4.47. The summed E-state index contributed by atoms with van der Waals surface area (Å²) < 4.78 is 6.32. The Morgan fingerprint density at radius 1 is 1.50 bits per heavy atom. The van der Waals surface area contributed by atoms with Gasteiger partial charge in [-0.15, -0.1) is 0 Å². The van der Waals surface area contributed by atoms with E-state index in [2.05, 4.69) is 21.2 Å². The summed E-state index contributed by atoms with van der Waals surface area (Å²) >= 11 is 3.38. The first-order chi connectivity index (χ1) is 10.6. The zero-order chi connectivity index (χ0) is 15.7. The van der Waals surface area contributed by atoms with Crippen LogP contribution in [0.4, 0.5) is 5.69 Å². The van der Waals surface area contributed by atoms with Crippen LogP contribution in [0.3, 0.4) is 0 Å². The Morgan fingerprint density at radius 2 is 2.32 bits per heavy atom. The van der Waals surface area contributed by atoms with Crippen molar-refractivity contribution in [1.82, 2.24) is 10.2 Å². The molecular formula is C15H18BrN3O3. The molecule has 2 heterocycles. The number of nitrogens with zero attached hydrogens (tertiary/aromatic N) is 2. The number of amides is 2. The molecule has 1 aromatic carbocycles. The Balaban J connectivity index is 1.79. The number of anilines is 1. The lowest BCUT2D eigenvalue weighted by Crippen LogP contribution is -2.55. The summed E-state index contributed by atoms with van der Waals surface area (Å²) in [5.74, 6) is 0.402. The fourth-order valence-electron chi connectivity index (χ4n) is 2.79. The van der Waals surface area contributed by atoms with E-state index in [1.165, 1.54) is 4.90 Å². The molecule has 3 rings (SSSR count). The van der Waals surface area contributed by atoms with Gasteiger partial charge in [0.1, 0.15) is 12.3 Å². The molecule has 7 heteroatoms. The Hall–Kier alpha value is -1.60. The van der Waals surface area contributed by atoms with Crippen molar-refractivity contribution in [3.8, 4) is 5.75 Å². The van der Waals surface area contributed by atoms with Crippen LogP contribution in [0.5, 0.6) is 5.75 Å². The van der Waals surface area contributed by atoms with Crippen molar-refractivity contribution in [2.24, 2.45) is 0 Å². The highest BCUT2D eigenvalue weighted by molar-refractivity contribution is 9.10. The molecule has 0 unspecified atom stereocenters. The van der Waals surface area contributed by atoms with E-state index in [4.69, 9.17) is 4.74 Å². The van der Waals surface area contributed by atoms with E-state index in [0.29, 0.717) is 18.0 Å². The summed E-state index contributed by atoms with van der Waals surface area (Å²) in [6.45, 7) is 4.28. The van der Waals surface area contributed by atoms with E-state index in [1.807, 2.05) is 24.0 Å². The van der Waals surface area contributed by atoms with Crippen LogP contribution in [0.25, 0.3) is 0 Å². The number of carbonyl (C=O) groups is 2. The molecule has 2 aliphatic rings. The molecule has 1 atom stereocenters. The topological polar surface area (TPSA) is 61.9 Å². The summed E-state index contributed by atoms with van der Waals surface area (Å²) in [5, 5.41) is 3.25. The van der Waals surface area contributed by atoms with Crippen molar-refractivity contribution >= 4 is 33.4 Å². The summed E-state index contributed by atoms with van der Waals surface area (Å²) in [6.07, 6.45) is 0. The summed E-state index contributed by atoms with van der Waals surface area (Å²) in [6, 6.07) is 5.59. The molecule has 0 radical (unpaired) electrons. The molecule has 1 saturated heterocycles. The van der Waals surface area contributed by atoms with Crippen LogP contribution in [0, 0.1) is 0 Å². The number of benzene rings is 1. The molecule has 0 bridgehead atoms. The van der Waals surface area contributed by atoms with Gasteiger partial charge in [-0.05, 0) is 25.1 Å². The Morgan fingerprint density at radius 3 is 3.09 bits per heavy atom. The van der Waals surface area contributed by atoms with Crippen molar-refractivity contribution < 1.29 is 14.3 Å². The first-order valence-electron chi connectivity index (χ1n) is 7.29. The van der Waals surface area contributed by atoms with Crippen molar-refractivity contribution in [2.75, 3.05) is 37.7 Å². The number of hydrogen-bond donors (Lipinski definition) is 1. The van der Waals surface area contributed by atoms with Gasteiger partial charge in [-0.1, -0.05) is 15.9 Å². The van der Waals surface area contributed by atoms with Crippen LogP contribution >= 0.6 is 15.9 Å². The monoisotopic (exact) mass is 367 g/mol. The standard InChI is InChI=1S/C15H18BrN3O3/c1-10-7-17-4-5-18(10)14(20)8-19-12-3-2-11(16)6-13(12)22-9-15(19)21/h2-3,6,10,17H,4-5,7-9H2,1H3/t10-/m1/s1. The number of carbonyl (C=O) groups excluding carboxylic acids is 2. The lowest BCUT2D eigenvalue weighted by Gasteiger charge is -2.36. The first kappa shape index (κ1) is 15.3. The number of halogens is 1. The van der Waals surface area contributed by atoms with Crippen LogP contribution in [0.1, 0.15) is 6.92 Å². The molecule has 2 aliphatic heterocycles. The second kappa shape index (κ2) is 6.26. The fraction of sp³-hybridized carbons (Fsp3) is 0.467. The number of ether oxygens (including phenoxy) is 1. The van der Waals surface area contributed by atoms with Gasteiger partial charge in [0.05, 0.1) is 5.69 Å². The number of piperazine rings is 1. The molecule has 0 spiro atoms. The van der Waals surface area contributed by atoms with E-state index < -0.39 is 0 Å². The summed E-state index contributed by atoms with van der Waals surface area (Å²) in [5.41, 5.74) is 0.649. The molecule has 6 nitrogen and oxygen atoms in total. The number of rotatable bonds is 2. The molecule has 0 saturated carbocycles. The minimum absolute atomic E-state index is 0.0295. The quantitative estimate of drug-likeness (QED) is 0.846. The predicted octanol–water partition coefficient (Wildman–Crippen LogP) is 0.995. The minimum atomic E-state index is -0.189. The maximum absolute atomic E-state index is 12.6. The van der Waals surface area contributed by atoms with Gasteiger partial charge >= 0.3 is 0 Å². The van der Waals surface area contributed by atoms with Crippen LogP contribution in [0.2, 0.25) is 0 Å². The Labute approximate surface area is 137 Å². The second-order valence-corrected chi connectivity index (χ2v) is 6.44. The van der Waals surface area contributed by atoms with Crippen LogP contribution in [-0.2, 0) is 9.59 Å². The third kappa shape index (κ3) is 2.96. The van der Waals surface area contributed by atoms with Gasteiger partial charge in [-0.2, -0.15) is 0 Å². The lowest BCUT2D eigenvalue weighted by molar-refractivity contribution is -0.134. The van der Waals surface area contributed by atoms with Gasteiger partial charge in [-0.25, -0.2) is 0 Å². The van der Waals surface area contributed by atoms with E-state index in [0.717, 1.165) is 17.6 Å². The van der Waals surface area contributed by atoms with E-state index >= 15 is 0 Å². The van der Waals surface area contributed by atoms with E-state index in [9.17, 15) is 9.59 Å². The Kier molecular flexibility index (Phi) is 4.35. The molecule has 1 N–H and O–H groups in total. The minimum Gasteiger partial charge on any atom is -0.482 e. The average Bonchev–Trinajstić information content (AvgIpc) is 2.50. The van der Waals surface area contributed by atoms with Crippen molar-refractivity contribution in [3.05, 3.63) is 22.7 Å². The first-order valence-corrected chi connectivity index (χ1v) is 8.08. The molecular weight excluding hydrogens is 350 g/mol. The third-order valence-electron chi connectivity index (χ3n) is 3.98. The van der Waals surface area contributed by atoms with Crippen LogP contribution in [0.15, 0.2) is 22.7 Å². The predicted molar refractivity (Wildman–Crippen MR) is 86.0 cm³/mol. The molecule has 0 aromatic heterocycles. The van der Waals surface area contributed by atoms with Gasteiger partial charge in [0.25, 0.3) is 5.91 Å². The van der Waals surface area contributed by atoms with E-state index in [-0.39, 0.29) is 31.0 Å². The van der Waals surface area contributed by atoms with Gasteiger partial charge in [0.15, 0.2) is 6.61 Å². The molecule has 1 fully saturated rings. The number of fused-ring (bicyclic) bond motifs is 1. The summed E-state index contributed by atoms with van der Waals surface area (Å²) in [7, 11) is 0. The molecule has 22 heavy (non-hydrogen) atoms. The van der Waals surface area contributed by atoms with Crippen molar-refractivity contribution in [2.45, 2.75) is 13.0 Å².